The number of benzene rings is 1. The minimum atomic E-state index is -0.392. The molecule has 116 valence electrons. The van der Waals surface area contributed by atoms with E-state index in [1.807, 2.05) is 31.2 Å². The SMILES string of the molecule is CO[C@H](CNC(=O)c1cccn(C)c1=O)c1ccccc1C. The van der Waals surface area contributed by atoms with Crippen LogP contribution in [-0.4, -0.2) is 24.1 Å². The lowest BCUT2D eigenvalue weighted by molar-refractivity contribution is 0.0824. The van der Waals surface area contributed by atoms with Crippen LogP contribution in [-0.2, 0) is 11.8 Å². The van der Waals surface area contributed by atoms with Crippen molar-refractivity contribution in [2.45, 2.75) is 13.0 Å². The summed E-state index contributed by atoms with van der Waals surface area (Å²) in [6, 6.07) is 11.0. The summed E-state index contributed by atoms with van der Waals surface area (Å²) < 4.78 is 6.84. The Hall–Kier alpha value is -2.40. The first-order chi connectivity index (χ1) is 10.5. The van der Waals surface area contributed by atoms with Crippen molar-refractivity contribution in [3.63, 3.8) is 0 Å². The number of carbonyl (C=O) groups is 1. The number of rotatable bonds is 5. The number of nitrogens with zero attached hydrogens (tertiary/aromatic N) is 1. The highest BCUT2D eigenvalue weighted by molar-refractivity contribution is 5.93. The molecule has 22 heavy (non-hydrogen) atoms. The number of carbonyl (C=O) groups excluding carboxylic acids is 1. The summed E-state index contributed by atoms with van der Waals surface area (Å²) in [6.07, 6.45) is 1.36. The van der Waals surface area contributed by atoms with Gasteiger partial charge in [-0.3, -0.25) is 9.59 Å². The molecule has 0 aliphatic carbocycles. The summed E-state index contributed by atoms with van der Waals surface area (Å²) in [4.78, 5) is 24.1. The van der Waals surface area contributed by atoms with Crippen molar-refractivity contribution < 1.29 is 9.53 Å². The van der Waals surface area contributed by atoms with Crippen LogP contribution in [0.15, 0.2) is 47.4 Å². The van der Waals surface area contributed by atoms with Gasteiger partial charge in [0, 0.05) is 26.9 Å². The highest BCUT2D eigenvalue weighted by atomic mass is 16.5. The molecule has 0 fully saturated rings. The third-order valence-electron chi connectivity index (χ3n) is 3.64. The second-order valence-electron chi connectivity index (χ2n) is 5.13. The van der Waals surface area contributed by atoms with Crippen LogP contribution in [0.1, 0.15) is 27.6 Å². The lowest BCUT2D eigenvalue weighted by Gasteiger charge is -2.18. The molecule has 0 aliphatic rings. The molecule has 5 nitrogen and oxygen atoms in total. The van der Waals surface area contributed by atoms with E-state index >= 15 is 0 Å². The van der Waals surface area contributed by atoms with Crippen LogP contribution in [0.5, 0.6) is 0 Å². The highest BCUT2D eigenvalue weighted by Gasteiger charge is 2.16. The second kappa shape index (κ2) is 7.04. The second-order valence-corrected chi connectivity index (χ2v) is 5.13. The Balaban J connectivity index is 2.11. The lowest BCUT2D eigenvalue weighted by atomic mass is 10.0. The minimum absolute atomic E-state index is 0.129. The molecule has 0 saturated carbocycles. The maximum Gasteiger partial charge on any atom is 0.263 e. The molecule has 0 unspecified atom stereocenters. The van der Waals surface area contributed by atoms with Gasteiger partial charge in [-0.1, -0.05) is 24.3 Å². The summed E-state index contributed by atoms with van der Waals surface area (Å²) in [5, 5.41) is 2.77. The molecule has 1 atom stereocenters. The van der Waals surface area contributed by atoms with E-state index in [1.165, 1.54) is 10.6 Å². The van der Waals surface area contributed by atoms with Gasteiger partial charge >= 0.3 is 0 Å². The molecule has 1 heterocycles. The number of methoxy groups -OCH3 is 1. The lowest BCUT2D eigenvalue weighted by Crippen LogP contribution is -2.34. The fourth-order valence-corrected chi connectivity index (χ4v) is 2.32. The normalized spacial score (nSPS) is 12.0. The monoisotopic (exact) mass is 300 g/mol. The van der Waals surface area contributed by atoms with Gasteiger partial charge in [-0.05, 0) is 30.2 Å². The van der Waals surface area contributed by atoms with E-state index in [0.29, 0.717) is 6.54 Å². The number of aryl methyl sites for hydroxylation is 2. The Morgan fingerprint density at radius 3 is 2.68 bits per heavy atom. The molecular formula is C17H20N2O3. The summed E-state index contributed by atoms with van der Waals surface area (Å²) >= 11 is 0. The average Bonchev–Trinajstić information content (AvgIpc) is 2.52. The van der Waals surface area contributed by atoms with Gasteiger partial charge in [0.05, 0.1) is 6.10 Å². The zero-order chi connectivity index (χ0) is 16.1. The van der Waals surface area contributed by atoms with E-state index in [0.717, 1.165) is 11.1 Å². The van der Waals surface area contributed by atoms with Gasteiger partial charge in [-0.2, -0.15) is 0 Å². The van der Waals surface area contributed by atoms with Crippen LogP contribution in [0.25, 0.3) is 0 Å². The maximum absolute atomic E-state index is 12.2. The van der Waals surface area contributed by atoms with Gasteiger partial charge < -0.3 is 14.6 Å². The summed E-state index contributed by atoms with van der Waals surface area (Å²) in [6.45, 7) is 2.30. The number of pyridine rings is 1. The fraction of sp³-hybridized carbons (Fsp3) is 0.294. The van der Waals surface area contributed by atoms with E-state index in [9.17, 15) is 9.59 Å². The third kappa shape index (κ3) is 3.43. The van der Waals surface area contributed by atoms with E-state index in [2.05, 4.69) is 5.32 Å². The van der Waals surface area contributed by atoms with Crippen molar-refractivity contribution in [1.29, 1.82) is 0 Å². The molecular weight excluding hydrogens is 280 g/mol. The fourth-order valence-electron chi connectivity index (χ4n) is 2.32. The summed E-state index contributed by atoms with van der Waals surface area (Å²) in [7, 11) is 3.22. The number of nitrogens with one attached hydrogen (secondary N) is 1. The predicted octanol–water partition coefficient (Wildman–Crippen LogP) is 1.81. The first-order valence-corrected chi connectivity index (χ1v) is 7.06. The smallest absolute Gasteiger partial charge is 0.263 e. The van der Waals surface area contributed by atoms with Crippen LogP contribution in [0, 0.1) is 6.92 Å². The quantitative estimate of drug-likeness (QED) is 0.916. The van der Waals surface area contributed by atoms with E-state index < -0.39 is 5.91 Å². The summed E-state index contributed by atoms with van der Waals surface area (Å²) in [5.74, 6) is -0.392. The van der Waals surface area contributed by atoms with Crippen LogP contribution < -0.4 is 10.9 Å². The molecule has 1 aromatic heterocycles. The minimum Gasteiger partial charge on any atom is -0.375 e. The predicted molar refractivity (Wildman–Crippen MR) is 84.9 cm³/mol. The standard InChI is InChI=1S/C17H20N2O3/c1-12-7-4-5-8-13(12)15(22-3)11-18-16(20)14-9-6-10-19(2)17(14)21/h4-10,15H,11H2,1-3H3,(H,18,20)/t15-/m1/s1. The van der Waals surface area contributed by atoms with Crippen LogP contribution in [0.2, 0.25) is 0 Å². The largest absolute Gasteiger partial charge is 0.375 e. The average molecular weight is 300 g/mol. The van der Waals surface area contributed by atoms with Gasteiger partial charge in [0.1, 0.15) is 5.56 Å². The first-order valence-electron chi connectivity index (χ1n) is 7.06. The van der Waals surface area contributed by atoms with Crippen molar-refractivity contribution in [2.24, 2.45) is 7.05 Å². The third-order valence-corrected chi connectivity index (χ3v) is 3.64. The molecule has 1 amide bonds. The van der Waals surface area contributed by atoms with Gasteiger partial charge in [-0.15, -0.1) is 0 Å². The molecule has 1 N–H and O–H groups in total. The van der Waals surface area contributed by atoms with Gasteiger partial charge in [0.25, 0.3) is 11.5 Å². The number of aromatic nitrogens is 1. The zero-order valence-electron chi connectivity index (χ0n) is 13.0. The molecule has 0 saturated heterocycles. The molecule has 0 radical (unpaired) electrons. The number of hydrogen-bond acceptors (Lipinski definition) is 3. The van der Waals surface area contributed by atoms with Gasteiger partial charge in [0.15, 0.2) is 0 Å². The van der Waals surface area contributed by atoms with E-state index in [4.69, 9.17) is 4.74 Å². The first kappa shape index (κ1) is 16.0. The van der Waals surface area contributed by atoms with Crippen LogP contribution in [0.4, 0.5) is 0 Å². The van der Waals surface area contributed by atoms with Crippen LogP contribution >= 0.6 is 0 Å². The molecule has 0 spiro atoms. The number of hydrogen-bond donors (Lipinski definition) is 1. The Morgan fingerprint density at radius 1 is 1.27 bits per heavy atom. The molecule has 5 heteroatoms. The van der Waals surface area contributed by atoms with Crippen molar-refractivity contribution in [3.05, 3.63) is 69.6 Å². The maximum atomic E-state index is 12.2. The number of amides is 1. The van der Waals surface area contributed by atoms with E-state index in [-0.39, 0.29) is 17.2 Å². The Labute approximate surface area is 129 Å². The molecule has 0 bridgehead atoms. The molecule has 0 aliphatic heterocycles. The molecule has 2 rings (SSSR count). The molecule has 2 aromatic rings. The van der Waals surface area contributed by atoms with Crippen molar-refractivity contribution in [1.82, 2.24) is 9.88 Å². The number of ether oxygens (including phenoxy) is 1. The van der Waals surface area contributed by atoms with Crippen molar-refractivity contribution in [2.75, 3.05) is 13.7 Å². The Morgan fingerprint density at radius 2 is 2.00 bits per heavy atom. The molecule has 1 aromatic carbocycles. The van der Waals surface area contributed by atoms with Gasteiger partial charge in [-0.25, -0.2) is 0 Å². The van der Waals surface area contributed by atoms with Crippen molar-refractivity contribution >= 4 is 5.91 Å². The van der Waals surface area contributed by atoms with Gasteiger partial charge in [0.2, 0.25) is 0 Å². The summed E-state index contributed by atoms with van der Waals surface area (Å²) in [5.41, 5.74) is 1.93. The van der Waals surface area contributed by atoms with E-state index in [1.54, 1.807) is 26.4 Å². The highest BCUT2D eigenvalue weighted by Crippen LogP contribution is 2.19. The van der Waals surface area contributed by atoms with Crippen molar-refractivity contribution in [3.8, 4) is 0 Å². The zero-order valence-corrected chi connectivity index (χ0v) is 13.0. The van der Waals surface area contributed by atoms with Crippen LogP contribution in [0.3, 0.4) is 0 Å². The Bertz CT molecular complexity index is 722. The topological polar surface area (TPSA) is 60.3 Å². The Kier molecular flexibility index (Phi) is 5.12.